The highest BCUT2D eigenvalue weighted by Crippen LogP contribution is 2.31. The minimum atomic E-state index is -0.106. The summed E-state index contributed by atoms with van der Waals surface area (Å²) < 4.78 is 14.5. The molecule has 0 aliphatic rings. The summed E-state index contributed by atoms with van der Waals surface area (Å²) in [6.07, 6.45) is 0.739. The Labute approximate surface area is 85.0 Å². The fourth-order valence-corrected chi connectivity index (χ4v) is 2.49. The highest BCUT2D eigenvalue weighted by molar-refractivity contribution is 7.19. The van der Waals surface area contributed by atoms with Gasteiger partial charge in [0.2, 0.25) is 0 Å². The van der Waals surface area contributed by atoms with Crippen LogP contribution in [0.4, 0.5) is 4.39 Å². The Morgan fingerprint density at radius 2 is 2.23 bits per heavy atom. The number of aryl methyl sites for hydroxylation is 1. The molecule has 0 fully saturated rings. The standard InChI is InChI=1S/C10H8ClFS/c1-2-8-10(12)7-5-6(11)3-4-9(7)13-8/h3-5H,2H2,1H3. The Hall–Kier alpha value is -0.600. The zero-order chi connectivity index (χ0) is 9.42. The topological polar surface area (TPSA) is 0 Å². The van der Waals surface area contributed by atoms with Gasteiger partial charge in [-0.05, 0) is 24.6 Å². The third-order valence-corrected chi connectivity index (χ3v) is 3.50. The normalized spacial score (nSPS) is 11.0. The van der Waals surface area contributed by atoms with Crippen LogP contribution in [-0.4, -0.2) is 0 Å². The Kier molecular flexibility index (Phi) is 2.26. The predicted molar refractivity (Wildman–Crippen MR) is 56.2 cm³/mol. The number of halogens is 2. The summed E-state index contributed by atoms with van der Waals surface area (Å²) >= 11 is 7.28. The van der Waals surface area contributed by atoms with E-state index in [0.29, 0.717) is 10.4 Å². The highest BCUT2D eigenvalue weighted by atomic mass is 35.5. The molecule has 0 unspecified atom stereocenters. The molecule has 0 aliphatic carbocycles. The predicted octanol–water partition coefficient (Wildman–Crippen LogP) is 4.26. The first-order valence-electron chi connectivity index (χ1n) is 4.08. The number of hydrogen-bond donors (Lipinski definition) is 0. The summed E-state index contributed by atoms with van der Waals surface area (Å²) in [6.45, 7) is 1.95. The van der Waals surface area contributed by atoms with Crippen molar-refractivity contribution in [2.24, 2.45) is 0 Å². The van der Waals surface area contributed by atoms with Crippen LogP contribution in [0.2, 0.25) is 5.02 Å². The Morgan fingerprint density at radius 1 is 1.46 bits per heavy atom. The Balaban J connectivity index is 2.77. The second-order valence-corrected chi connectivity index (χ2v) is 4.41. The van der Waals surface area contributed by atoms with Crippen molar-refractivity contribution in [3.8, 4) is 0 Å². The average Bonchev–Trinajstić information content (AvgIpc) is 2.44. The molecule has 0 amide bonds. The fraction of sp³-hybridized carbons (Fsp3) is 0.200. The van der Waals surface area contributed by atoms with Gasteiger partial charge in [0.15, 0.2) is 0 Å². The van der Waals surface area contributed by atoms with Gasteiger partial charge >= 0.3 is 0 Å². The van der Waals surface area contributed by atoms with Gasteiger partial charge in [0.05, 0.1) is 0 Å². The maximum Gasteiger partial charge on any atom is 0.144 e. The SMILES string of the molecule is CCc1sc2ccc(Cl)cc2c1F. The molecule has 0 saturated carbocycles. The first-order chi connectivity index (χ1) is 6.22. The van der Waals surface area contributed by atoms with Crippen LogP contribution in [0.15, 0.2) is 18.2 Å². The summed E-state index contributed by atoms with van der Waals surface area (Å²) in [5.74, 6) is -0.106. The van der Waals surface area contributed by atoms with Crippen molar-refractivity contribution < 1.29 is 4.39 Å². The van der Waals surface area contributed by atoms with Gasteiger partial charge < -0.3 is 0 Å². The van der Waals surface area contributed by atoms with Crippen LogP contribution in [0.5, 0.6) is 0 Å². The number of thiophene rings is 1. The van der Waals surface area contributed by atoms with Crippen molar-refractivity contribution in [1.29, 1.82) is 0 Å². The monoisotopic (exact) mass is 214 g/mol. The van der Waals surface area contributed by atoms with Gasteiger partial charge in [-0.1, -0.05) is 18.5 Å². The maximum absolute atomic E-state index is 13.6. The summed E-state index contributed by atoms with van der Waals surface area (Å²) in [6, 6.07) is 5.34. The molecule has 2 rings (SSSR count). The summed E-state index contributed by atoms with van der Waals surface area (Å²) in [5, 5.41) is 1.24. The van der Waals surface area contributed by atoms with Crippen LogP contribution in [0.1, 0.15) is 11.8 Å². The van der Waals surface area contributed by atoms with E-state index >= 15 is 0 Å². The first kappa shape index (κ1) is 8.97. The molecular weight excluding hydrogens is 207 g/mol. The molecule has 0 atom stereocenters. The molecule has 0 aliphatic heterocycles. The van der Waals surface area contributed by atoms with E-state index in [9.17, 15) is 4.39 Å². The van der Waals surface area contributed by atoms with Crippen molar-refractivity contribution in [3.63, 3.8) is 0 Å². The largest absolute Gasteiger partial charge is 0.205 e. The van der Waals surface area contributed by atoms with Gasteiger partial charge in [0, 0.05) is 20.0 Å². The molecule has 13 heavy (non-hydrogen) atoms. The molecule has 0 saturated heterocycles. The van der Waals surface area contributed by atoms with Gasteiger partial charge in [0.25, 0.3) is 0 Å². The summed E-state index contributed by atoms with van der Waals surface area (Å²) in [4.78, 5) is 0.803. The molecule has 1 aromatic heterocycles. The van der Waals surface area contributed by atoms with Gasteiger partial charge in [-0.2, -0.15) is 0 Å². The lowest BCUT2D eigenvalue weighted by molar-refractivity contribution is 0.631. The minimum Gasteiger partial charge on any atom is -0.205 e. The molecule has 1 heterocycles. The lowest BCUT2D eigenvalue weighted by Gasteiger charge is -1.90. The van der Waals surface area contributed by atoms with E-state index < -0.39 is 0 Å². The van der Waals surface area contributed by atoms with Gasteiger partial charge in [-0.3, -0.25) is 0 Å². The first-order valence-corrected chi connectivity index (χ1v) is 5.28. The third kappa shape index (κ3) is 1.45. The minimum absolute atomic E-state index is 0.106. The maximum atomic E-state index is 13.6. The molecule has 0 bridgehead atoms. The number of hydrogen-bond acceptors (Lipinski definition) is 1. The second kappa shape index (κ2) is 3.28. The zero-order valence-electron chi connectivity index (χ0n) is 7.10. The summed E-state index contributed by atoms with van der Waals surface area (Å²) in [5.41, 5.74) is 0. The van der Waals surface area contributed by atoms with Crippen LogP contribution in [0.3, 0.4) is 0 Å². The van der Waals surface area contributed by atoms with E-state index in [1.165, 1.54) is 11.3 Å². The van der Waals surface area contributed by atoms with Crippen LogP contribution >= 0.6 is 22.9 Å². The van der Waals surface area contributed by atoms with Crippen LogP contribution in [0, 0.1) is 5.82 Å². The molecule has 0 N–H and O–H groups in total. The fourth-order valence-electron chi connectivity index (χ4n) is 1.32. The van der Waals surface area contributed by atoms with E-state index in [1.807, 2.05) is 13.0 Å². The molecular formula is C10H8ClFS. The highest BCUT2D eigenvalue weighted by Gasteiger charge is 2.09. The number of benzene rings is 1. The van der Waals surface area contributed by atoms with Crippen molar-refractivity contribution >= 4 is 33.0 Å². The van der Waals surface area contributed by atoms with Crippen molar-refractivity contribution in [1.82, 2.24) is 0 Å². The van der Waals surface area contributed by atoms with E-state index in [4.69, 9.17) is 11.6 Å². The van der Waals surface area contributed by atoms with Crippen LogP contribution in [0.25, 0.3) is 10.1 Å². The summed E-state index contributed by atoms with van der Waals surface area (Å²) in [7, 11) is 0. The molecule has 2 aromatic rings. The lowest BCUT2D eigenvalue weighted by atomic mass is 10.2. The second-order valence-electron chi connectivity index (χ2n) is 2.83. The van der Waals surface area contributed by atoms with E-state index in [0.717, 1.165) is 16.0 Å². The van der Waals surface area contributed by atoms with Crippen molar-refractivity contribution in [2.75, 3.05) is 0 Å². The van der Waals surface area contributed by atoms with Gasteiger partial charge in [0.1, 0.15) is 5.82 Å². The molecule has 0 nitrogen and oxygen atoms in total. The third-order valence-electron chi connectivity index (χ3n) is 1.98. The zero-order valence-corrected chi connectivity index (χ0v) is 8.68. The lowest BCUT2D eigenvalue weighted by Crippen LogP contribution is -1.77. The number of rotatable bonds is 1. The van der Waals surface area contributed by atoms with E-state index in [-0.39, 0.29) is 5.82 Å². The number of fused-ring (bicyclic) bond motifs is 1. The van der Waals surface area contributed by atoms with Gasteiger partial charge in [-0.15, -0.1) is 11.3 Å². The van der Waals surface area contributed by atoms with Crippen LogP contribution in [-0.2, 0) is 6.42 Å². The van der Waals surface area contributed by atoms with E-state index in [1.54, 1.807) is 12.1 Å². The van der Waals surface area contributed by atoms with Gasteiger partial charge in [-0.25, -0.2) is 4.39 Å². The molecule has 3 heteroatoms. The molecule has 68 valence electrons. The Morgan fingerprint density at radius 3 is 2.92 bits per heavy atom. The Bertz CT molecular complexity index is 447. The smallest absolute Gasteiger partial charge is 0.144 e. The molecule has 0 spiro atoms. The van der Waals surface area contributed by atoms with Crippen molar-refractivity contribution in [3.05, 3.63) is 33.9 Å². The van der Waals surface area contributed by atoms with E-state index in [2.05, 4.69) is 0 Å². The molecule has 0 radical (unpaired) electrons. The van der Waals surface area contributed by atoms with Crippen LogP contribution < -0.4 is 0 Å². The quantitative estimate of drug-likeness (QED) is 0.666. The van der Waals surface area contributed by atoms with Crippen molar-refractivity contribution in [2.45, 2.75) is 13.3 Å². The molecule has 1 aromatic carbocycles. The average molecular weight is 215 g/mol.